The van der Waals surface area contributed by atoms with Crippen LogP contribution in [0, 0.1) is 6.92 Å². The molecule has 126 valence electrons. The highest BCUT2D eigenvalue weighted by Crippen LogP contribution is 2.30. The van der Waals surface area contributed by atoms with E-state index < -0.39 is 6.10 Å². The maximum Gasteiger partial charge on any atom is 0.260 e. The van der Waals surface area contributed by atoms with Crippen LogP contribution in [0.5, 0.6) is 17.2 Å². The Hall–Kier alpha value is -2.69. The minimum absolute atomic E-state index is 0.182. The minimum atomic E-state index is -0.580. The molecule has 5 nitrogen and oxygen atoms in total. The van der Waals surface area contributed by atoms with Crippen LogP contribution in [0.4, 0.5) is 0 Å². The van der Waals surface area contributed by atoms with E-state index in [-0.39, 0.29) is 12.0 Å². The van der Waals surface area contributed by atoms with Crippen LogP contribution in [-0.2, 0) is 4.79 Å². The van der Waals surface area contributed by atoms with Gasteiger partial charge < -0.3 is 19.5 Å². The van der Waals surface area contributed by atoms with Crippen LogP contribution in [0.3, 0.4) is 0 Å². The molecule has 0 bridgehead atoms. The molecule has 1 heterocycles. The van der Waals surface area contributed by atoms with Gasteiger partial charge in [-0.2, -0.15) is 0 Å². The summed E-state index contributed by atoms with van der Waals surface area (Å²) in [6.07, 6.45) is -0.793. The Labute approximate surface area is 141 Å². The highest BCUT2D eigenvalue weighted by atomic mass is 16.6. The van der Waals surface area contributed by atoms with Crippen molar-refractivity contribution >= 4 is 5.91 Å². The number of benzene rings is 2. The quantitative estimate of drug-likeness (QED) is 0.917. The van der Waals surface area contributed by atoms with Gasteiger partial charge >= 0.3 is 0 Å². The summed E-state index contributed by atoms with van der Waals surface area (Å²) in [5.74, 6) is 1.94. The molecule has 2 atom stereocenters. The van der Waals surface area contributed by atoms with Gasteiger partial charge in [-0.1, -0.05) is 24.3 Å². The second kappa shape index (κ2) is 7.25. The zero-order valence-electron chi connectivity index (χ0n) is 13.8. The number of carbonyl (C=O) groups is 1. The molecule has 0 aliphatic carbocycles. The van der Waals surface area contributed by atoms with Gasteiger partial charge in [0.25, 0.3) is 5.91 Å². The fourth-order valence-electron chi connectivity index (χ4n) is 2.47. The molecular weight excluding hydrogens is 306 g/mol. The SMILES string of the molecule is Cc1cccc(O[C@H](C)C(=O)NC[C@@H]2COc3ccccc3O2)c1. The summed E-state index contributed by atoms with van der Waals surface area (Å²) in [6, 6.07) is 15.1. The number of hydrogen-bond acceptors (Lipinski definition) is 4. The first kappa shape index (κ1) is 16.2. The molecule has 0 spiro atoms. The van der Waals surface area contributed by atoms with Gasteiger partial charge in [0, 0.05) is 0 Å². The second-order valence-electron chi connectivity index (χ2n) is 5.82. The average molecular weight is 327 g/mol. The van der Waals surface area contributed by atoms with E-state index in [2.05, 4.69) is 5.32 Å². The zero-order chi connectivity index (χ0) is 16.9. The summed E-state index contributed by atoms with van der Waals surface area (Å²) in [7, 11) is 0. The third-order valence-electron chi connectivity index (χ3n) is 3.74. The summed E-state index contributed by atoms with van der Waals surface area (Å²) in [5.41, 5.74) is 1.09. The molecule has 24 heavy (non-hydrogen) atoms. The molecule has 0 saturated carbocycles. The fourth-order valence-corrected chi connectivity index (χ4v) is 2.47. The highest BCUT2D eigenvalue weighted by molar-refractivity contribution is 5.80. The first-order chi connectivity index (χ1) is 11.6. The summed E-state index contributed by atoms with van der Waals surface area (Å²) >= 11 is 0. The lowest BCUT2D eigenvalue weighted by atomic mass is 10.2. The first-order valence-corrected chi connectivity index (χ1v) is 8.01. The van der Waals surface area contributed by atoms with Crippen LogP contribution in [0.25, 0.3) is 0 Å². The van der Waals surface area contributed by atoms with Gasteiger partial charge in [0.05, 0.1) is 6.54 Å². The van der Waals surface area contributed by atoms with E-state index in [1.54, 1.807) is 6.92 Å². The number of carbonyl (C=O) groups excluding carboxylic acids is 1. The third kappa shape index (κ3) is 3.98. The van der Waals surface area contributed by atoms with E-state index in [1.165, 1.54) is 0 Å². The molecule has 2 aromatic rings. The molecule has 1 N–H and O–H groups in total. The number of fused-ring (bicyclic) bond motifs is 1. The zero-order valence-corrected chi connectivity index (χ0v) is 13.8. The minimum Gasteiger partial charge on any atom is -0.486 e. The van der Waals surface area contributed by atoms with E-state index in [1.807, 2.05) is 55.5 Å². The van der Waals surface area contributed by atoms with Crippen molar-refractivity contribution in [3.8, 4) is 17.2 Å². The van der Waals surface area contributed by atoms with Crippen LogP contribution in [0.1, 0.15) is 12.5 Å². The van der Waals surface area contributed by atoms with Crippen molar-refractivity contribution in [2.24, 2.45) is 0 Å². The summed E-state index contributed by atoms with van der Waals surface area (Å²) in [5, 5.41) is 2.85. The lowest BCUT2D eigenvalue weighted by Crippen LogP contribution is -2.44. The van der Waals surface area contributed by atoms with Gasteiger partial charge in [-0.25, -0.2) is 0 Å². The molecule has 0 radical (unpaired) electrons. The third-order valence-corrected chi connectivity index (χ3v) is 3.74. The summed E-state index contributed by atoms with van der Waals surface area (Å²) < 4.78 is 17.1. The van der Waals surface area contributed by atoms with Crippen LogP contribution < -0.4 is 19.5 Å². The van der Waals surface area contributed by atoms with Gasteiger partial charge in [-0.3, -0.25) is 4.79 Å². The van der Waals surface area contributed by atoms with E-state index >= 15 is 0 Å². The van der Waals surface area contributed by atoms with E-state index in [4.69, 9.17) is 14.2 Å². The summed E-state index contributed by atoms with van der Waals surface area (Å²) in [4.78, 5) is 12.2. The predicted octanol–water partition coefficient (Wildman–Crippen LogP) is 2.72. The molecule has 1 aliphatic rings. The fraction of sp³-hybridized carbons (Fsp3) is 0.316. The van der Waals surface area contributed by atoms with Gasteiger partial charge in [0.2, 0.25) is 0 Å². The van der Waals surface area contributed by atoms with E-state index in [0.29, 0.717) is 24.7 Å². The molecular formula is C19H21NO4. The Morgan fingerprint density at radius 1 is 1.25 bits per heavy atom. The molecule has 2 aromatic carbocycles. The van der Waals surface area contributed by atoms with Crippen LogP contribution in [0.15, 0.2) is 48.5 Å². The molecule has 1 amide bonds. The van der Waals surface area contributed by atoms with Crippen molar-refractivity contribution in [3.05, 3.63) is 54.1 Å². The monoisotopic (exact) mass is 327 g/mol. The predicted molar refractivity (Wildman–Crippen MR) is 90.6 cm³/mol. The van der Waals surface area contributed by atoms with Crippen molar-refractivity contribution < 1.29 is 19.0 Å². The van der Waals surface area contributed by atoms with Crippen molar-refractivity contribution in [3.63, 3.8) is 0 Å². The molecule has 0 saturated heterocycles. The van der Waals surface area contributed by atoms with Crippen molar-refractivity contribution in [1.82, 2.24) is 5.32 Å². The maximum absolute atomic E-state index is 12.2. The molecule has 3 rings (SSSR count). The number of ether oxygens (including phenoxy) is 3. The standard InChI is InChI=1S/C19H21NO4/c1-13-6-5-7-15(10-13)23-14(2)19(21)20-11-16-12-22-17-8-3-4-9-18(17)24-16/h3-10,14,16H,11-12H2,1-2H3,(H,20,21)/t14-,16-/m1/s1. The maximum atomic E-state index is 12.2. The average Bonchev–Trinajstić information content (AvgIpc) is 2.59. The van der Waals surface area contributed by atoms with Crippen molar-refractivity contribution in [1.29, 1.82) is 0 Å². The molecule has 0 unspecified atom stereocenters. The molecule has 5 heteroatoms. The number of amides is 1. The summed E-state index contributed by atoms with van der Waals surface area (Å²) in [6.45, 7) is 4.49. The van der Waals surface area contributed by atoms with Gasteiger partial charge in [0.1, 0.15) is 18.5 Å². The van der Waals surface area contributed by atoms with E-state index in [9.17, 15) is 4.79 Å². The smallest absolute Gasteiger partial charge is 0.260 e. The topological polar surface area (TPSA) is 56.8 Å². The number of aryl methyl sites for hydroxylation is 1. The Morgan fingerprint density at radius 3 is 2.83 bits per heavy atom. The van der Waals surface area contributed by atoms with Crippen molar-refractivity contribution in [2.75, 3.05) is 13.2 Å². The molecule has 1 aliphatic heterocycles. The van der Waals surface area contributed by atoms with Crippen LogP contribution >= 0.6 is 0 Å². The van der Waals surface area contributed by atoms with Gasteiger partial charge in [0.15, 0.2) is 17.6 Å². The highest BCUT2D eigenvalue weighted by Gasteiger charge is 2.22. The normalized spacial score (nSPS) is 17.0. The Bertz CT molecular complexity index is 716. The van der Waals surface area contributed by atoms with Crippen LogP contribution in [-0.4, -0.2) is 31.3 Å². The lowest BCUT2D eigenvalue weighted by Gasteiger charge is -2.27. The van der Waals surface area contributed by atoms with E-state index in [0.717, 1.165) is 11.3 Å². The number of rotatable bonds is 5. The Kier molecular flexibility index (Phi) is 4.89. The Morgan fingerprint density at radius 2 is 2.04 bits per heavy atom. The molecule has 0 aromatic heterocycles. The lowest BCUT2D eigenvalue weighted by molar-refractivity contribution is -0.127. The van der Waals surface area contributed by atoms with Gasteiger partial charge in [-0.15, -0.1) is 0 Å². The number of nitrogens with one attached hydrogen (secondary N) is 1. The second-order valence-corrected chi connectivity index (χ2v) is 5.82. The number of para-hydroxylation sites is 2. The van der Waals surface area contributed by atoms with Gasteiger partial charge in [-0.05, 0) is 43.7 Å². The molecule has 0 fully saturated rings. The number of hydrogen-bond donors (Lipinski definition) is 1. The van der Waals surface area contributed by atoms with Crippen molar-refractivity contribution in [2.45, 2.75) is 26.1 Å². The first-order valence-electron chi connectivity index (χ1n) is 8.01. The largest absolute Gasteiger partial charge is 0.486 e. The Balaban J connectivity index is 1.49. The van der Waals surface area contributed by atoms with Crippen LogP contribution in [0.2, 0.25) is 0 Å².